The quantitative estimate of drug-likeness (QED) is 0.366. The first-order valence-electron chi connectivity index (χ1n) is 8.62. The van der Waals surface area contributed by atoms with E-state index in [1.165, 1.54) is 0 Å². The van der Waals surface area contributed by atoms with E-state index >= 15 is 0 Å². The van der Waals surface area contributed by atoms with Crippen molar-refractivity contribution in [2.75, 3.05) is 13.6 Å². The van der Waals surface area contributed by atoms with Crippen molar-refractivity contribution < 1.29 is 4.42 Å². The van der Waals surface area contributed by atoms with Crippen LogP contribution >= 0.6 is 0 Å². The molecule has 0 saturated heterocycles. The average Bonchev–Trinajstić information content (AvgIpc) is 3.36. The molecule has 8 nitrogen and oxygen atoms in total. The van der Waals surface area contributed by atoms with Gasteiger partial charge in [-0.3, -0.25) is 4.99 Å². The Kier molecular flexibility index (Phi) is 6.35. The van der Waals surface area contributed by atoms with Gasteiger partial charge >= 0.3 is 0 Å². The van der Waals surface area contributed by atoms with E-state index in [9.17, 15) is 0 Å². The zero-order valence-corrected chi connectivity index (χ0v) is 14.8. The van der Waals surface area contributed by atoms with Gasteiger partial charge in [-0.2, -0.15) is 0 Å². The van der Waals surface area contributed by atoms with Gasteiger partial charge in [-0.25, -0.2) is 4.98 Å². The van der Waals surface area contributed by atoms with Crippen molar-refractivity contribution >= 4 is 5.96 Å². The number of oxazole rings is 1. The number of hydrogen-bond donors (Lipinski definition) is 2. The monoisotopic (exact) mass is 353 g/mol. The van der Waals surface area contributed by atoms with Crippen LogP contribution in [0.1, 0.15) is 18.5 Å². The molecule has 0 atom stereocenters. The van der Waals surface area contributed by atoms with Crippen LogP contribution in [0.3, 0.4) is 0 Å². The van der Waals surface area contributed by atoms with Crippen LogP contribution in [0.2, 0.25) is 0 Å². The average molecular weight is 353 g/mol. The molecule has 0 spiro atoms. The van der Waals surface area contributed by atoms with Crippen molar-refractivity contribution in [1.82, 2.24) is 30.4 Å². The van der Waals surface area contributed by atoms with Crippen molar-refractivity contribution in [2.24, 2.45) is 4.99 Å². The van der Waals surface area contributed by atoms with Gasteiger partial charge in [0.15, 0.2) is 5.96 Å². The summed E-state index contributed by atoms with van der Waals surface area (Å²) in [6.07, 6.45) is 7.21. The molecule has 0 aliphatic heterocycles. The normalized spacial score (nSPS) is 11.5. The lowest BCUT2D eigenvalue weighted by molar-refractivity contribution is 0.572. The third-order valence-electron chi connectivity index (χ3n) is 3.84. The van der Waals surface area contributed by atoms with Crippen LogP contribution in [-0.2, 0) is 13.1 Å². The minimum absolute atomic E-state index is 0.552. The van der Waals surface area contributed by atoms with Gasteiger partial charge < -0.3 is 19.6 Å². The summed E-state index contributed by atoms with van der Waals surface area (Å²) in [5.41, 5.74) is 1.80. The Bertz CT molecular complexity index is 796. The highest BCUT2D eigenvalue weighted by Gasteiger charge is 2.06. The molecule has 0 fully saturated rings. The fourth-order valence-electron chi connectivity index (χ4n) is 2.46. The van der Waals surface area contributed by atoms with Crippen LogP contribution in [0.15, 0.2) is 58.7 Å². The number of rotatable bonds is 8. The predicted octanol–water partition coefficient (Wildman–Crippen LogP) is 2.08. The third-order valence-corrected chi connectivity index (χ3v) is 3.84. The van der Waals surface area contributed by atoms with Gasteiger partial charge in [0.2, 0.25) is 5.89 Å². The number of aliphatic imine (C=N–C) groups is 1. The predicted molar refractivity (Wildman–Crippen MR) is 99.4 cm³/mol. The fourth-order valence-corrected chi connectivity index (χ4v) is 2.46. The van der Waals surface area contributed by atoms with E-state index in [-0.39, 0.29) is 0 Å². The topological polar surface area (TPSA) is 93.2 Å². The van der Waals surface area contributed by atoms with Crippen LogP contribution in [0, 0.1) is 0 Å². The lowest BCUT2D eigenvalue weighted by Gasteiger charge is -2.10. The largest absolute Gasteiger partial charge is 0.444 e. The number of benzene rings is 1. The van der Waals surface area contributed by atoms with Crippen molar-refractivity contribution in [2.45, 2.75) is 25.9 Å². The van der Waals surface area contributed by atoms with Gasteiger partial charge in [0.25, 0.3) is 0 Å². The standard InChI is InChI=1S/C18H23N7O/c1-19-18(20-9-5-6-10-25-13-22-23-14-25)21-11-16-12-26-17(24-16)15-7-3-2-4-8-15/h2-4,7-8,12-14H,5-6,9-11H2,1H3,(H2,19,20,21). The van der Waals surface area contributed by atoms with E-state index < -0.39 is 0 Å². The SMILES string of the molecule is CN=C(NCCCCn1cnnc1)NCc1coc(-c2ccccc2)n1. The van der Waals surface area contributed by atoms with E-state index in [1.807, 2.05) is 34.9 Å². The number of hydrogen-bond acceptors (Lipinski definition) is 5. The second kappa shape index (κ2) is 9.36. The Balaban J connectivity index is 1.38. The lowest BCUT2D eigenvalue weighted by Crippen LogP contribution is -2.37. The van der Waals surface area contributed by atoms with Crippen molar-refractivity contribution in [1.29, 1.82) is 0 Å². The minimum Gasteiger partial charge on any atom is -0.444 e. The summed E-state index contributed by atoms with van der Waals surface area (Å²) < 4.78 is 7.52. The Morgan fingerprint density at radius 3 is 2.69 bits per heavy atom. The van der Waals surface area contributed by atoms with E-state index in [0.717, 1.165) is 43.1 Å². The molecule has 1 aromatic carbocycles. The van der Waals surface area contributed by atoms with Gasteiger partial charge in [0, 0.05) is 25.7 Å². The molecule has 0 bridgehead atoms. The summed E-state index contributed by atoms with van der Waals surface area (Å²) in [5.74, 6) is 1.37. The molecule has 3 rings (SSSR count). The lowest BCUT2D eigenvalue weighted by atomic mass is 10.2. The second-order valence-corrected chi connectivity index (χ2v) is 5.77. The van der Waals surface area contributed by atoms with Gasteiger partial charge in [0.1, 0.15) is 18.9 Å². The molecule has 2 heterocycles. The molecule has 0 aliphatic rings. The molecule has 0 amide bonds. The van der Waals surface area contributed by atoms with Crippen LogP contribution < -0.4 is 10.6 Å². The summed E-state index contributed by atoms with van der Waals surface area (Å²) in [5, 5.41) is 14.1. The first kappa shape index (κ1) is 17.7. The summed E-state index contributed by atoms with van der Waals surface area (Å²) in [6, 6.07) is 9.85. The summed E-state index contributed by atoms with van der Waals surface area (Å²) >= 11 is 0. The summed E-state index contributed by atoms with van der Waals surface area (Å²) in [6.45, 7) is 2.31. The molecule has 0 aliphatic carbocycles. The molecule has 2 N–H and O–H groups in total. The van der Waals surface area contributed by atoms with Crippen LogP contribution in [-0.4, -0.2) is 39.3 Å². The molecule has 2 aromatic heterocycles. The molecule has 26 heavy (non-hydrogen) atoms. The van der Waals surface area contributed by atoms with Crippen molar-refractivity contribution in [3.05, 3.63) is 54.9 Å². The van der Waals surface area contributed by atoms with E-state index in [0.29, 0.717) is 12.4 Å². The molecule has 0 radical (unpaired) electrons. The van der Waals surface area contributed by atoms with Crippen LogP contribution in [0.5, 0.6) is 0 Å². The Morgan fingerprint density at radius 1 is 1.12 bits per heavy atom. The Labute approximate surface area is 152 Å². The first-order chi connectivity index (χ1) is 12.8. The maximum atomic E-state index is 5.54. The minimum atomic E-state index is 0.552. The van der Waals surface area contributed by atoms with Gasteiger partial charge in [0.05, 0.1) is 12.2 Å². The fraction of sp³-hybridized carbons (Fsp3) is 0.333. The molecular weight excluding hydrogens is 330 g/mol. The van der Waals surface area contributed by atoms with E-state index in [2.05, 4.69) is 30.8 Å². The molecule has 0 unspecified atom stereocenters. The summed E-state index contributed by atoms with van der Waals surface area (Å²) in [7, 11) is 1.75. The Hall–Kier alpha value is -3.16. The summed E-state index contributed by atoms with van der Waals surface area (Å²) in [4.78, 5) is 8.72. The molecule has 136 valence electrons. The van der Waals surface area contributed by atoms with E-state index in [4.69, 9.17) is 4.42 Å². The van der Waals surface area contributed by atoms with Crippen molar-refractivity contribution in [3.8, 4) is 11.5 Å². The highest BCUT2D eigenvalue weighted by Crippen LogP contribution is 2.17. The highest BCUT2D eigenvalue weighted by molar-refractivity contribution is 5.79. The number of aromatic nitrogens is 4. The Morgan fingerprint density at radius 2 is 1.92 bits per heavy atom. The second-order valence-electron chi connectivity index (χ2n) is 5.77. The third kappa shape index (κ3) is 5.17. The van der Waals surface area contributed by atoms with Crippen LogP contribution in [0.4, 0.5) is 0 Å². The molecular formula is C18H23N7O. The van der Waals surface area contributed by atoms with Crippen LogP contribution in [0.25, 0.3) is 11.5 Å². The van der Waals surface area contributed by atoms with Gasteiger partial charge in [-0.05, 0) is 25.0 Å². The smallest absolute Gasteiger partial charge is 0.226 e. The number of guanidine groups is 1. The zero-order valence-electron chi connectivity index (χ0n) is 14.8. The number of nitrogens with one attached hydrogen (secondary N) is 2. The molecule has 0 saturated carbocycles. The van der Waals surface area contributed by atoms with E-state index in [1.54, 1.807) is 26.0 Å². The first-order valence-corrected chi connectivity index (χ1v) is 8.62. The van der Waals surface area contributed by atoms with Crippen molar-refractivity contribution in [3.63, 3.8) is 0 Å². The van der Waals surface area contributed by atoms with Gasteiger partial charge in [-0.1, -0.05) is 18.2 Å². The number of unbranched alkanes of at least 4 members (excludes halogenated alkanes) is 1. The zero-order chi connectivity index (χ0) is 18.0. The molecule has 3 aromatic rings. The number of nitrogens with zero attached hydrogens (tertiary/aromatic N) is 5. The maximum Gasteiger partial charge on any atom is 0.226 e. The maximum absolute atomic E-state index is 5.54. The number of aryl methyl sites for hydroxylation is 1. The molecule has 8 heteroatoms. The highest BCUT2D eigenvalue weighted by atomic mass is 16.3. The van der Waals surface area contributed by atoms with Gasteiger partial charge in [-0.15, -0.1) is 10.2 Å².